The first-order chi connectivity index (χ1) is 14.6. The number of nitrogens with zero attached hydrogens (tertiary/aromatic N) is 2. The van der Waals surface area contributed by atoms with Crippen LogP contribution in [0.4, 0.5) is 4.39 Å². The lowest BCUT2D eigenvalue weighted by Gasteiger charge is -2.10. The number of rotatable bonds is 10. The zero-order chi connectivity index (χ0) is 21.3. The van der Waals surface area contributed by atoms with Gasteiger partial charge in [-0.2, -0.15) is 9.36 Å². The molecule has 3 rings (SSSR count). The van der Waals surface area contributed by atoms with Crippen molar-refractivity contribution in [3.63, 3.8) is 0 Å². The summed E-state index contributed by atoms with van der Waals surface area (Å²) in [6.07, 6.45) is 1.21. The first kappa shape index (κ1) is 21.7. The number of nitrogens with one attached hydrogen (secondary N) is 1. The number of hydrogen-bond donors (Lipinski definition) is 1. The van der Waals surface area contributed by atoms with Crippen molar-refractivity contribution in [3.8, 4) is 16.7 Å². The second-order valence-electron chi connectivity index (χ2n) is 6.35. The normalized spacial score (nSPS) is 10.6. The maximum absolute atomic E-state index is 13.0. The van der Waals surface area contributed by atoms with E-state index in [1.807, 2.05) is 0 Å². The Morgan fingerprint density at radius 2 is 1.93 bits per heavy atom. The predicted octanol–water partition coefficient (Wildman–Crippen LogP) is 3.84. The van der Waals surface area contributed by atoms with Gasteiger partial charge in [-0.15, -0.1) is 0 Å². The van der Waals surface area contributed by atoms with E-state index >= 15 is 0 Å². The fourth-order valence-corrected chi connectivity index (χ4v) is 3.21. The number of ether oxygens (including phenoxy) is 3. The van der Waals surface area contributed by atoms with Crippen LogP contribution >= 0.6 is 11.5 Å². The number of halogens is 1. The van der Waals surface area contributed by atoms with E-state index in [9.17, 15) is 9.18 Å². The van der Waals surface area contributed by atoms with E-state index < -0.39 is 0 Å². The fourth-order valence-electron chi connectivity index (χ4n) is 2.64. The lowest BCUT2D eigenvalue weighted by Crippen LogP contribution is -2.25. The third kappa shape index (κ3) is 5.98. The Kier molecular flexibility index (Phi) is 7.69. The molecule has 0 aliphatic heterocycles. The molecule has 0 radical (unpaired) electrons. The largest absolute Gasteiger partial charge is 0.493 e. The molecule has 3 aromatic rings. The van der Waals surface area contributed by atoms with Crippen molar-refractivity contribution in [2.75, 3.05) is 27.4 Å². The van der Waals surface area contributed by atoms with Crippen LogP contribution in [0.5, 0.6) is 16.7 Å². The van der Waals surface area contributed by atoms with E-state index in [1.54, 1.807) is 37.4 Å². The Balaban J connectivity index is 1.64. The van der Waals surface area contributed by atoms with E-state index in [-0.39, 0.29) is 11.7 Å². The zero-order valence-electron chi connectivity index (χ0n) is 16.7. The van der Waals surface area contributed by atoms with Gasteiger partial charge >= 0.3 is 0 Å². The van der Waals surface area contributed by atoms with Gasteiger partial charge in [-0.3, -0.25) is 4.79 Å². The molecule has 0 spiro atoms. The number of aromatic nitrogens is 2. The number of carbonyl (C=O) groups excluding carboxylic acids is 1. The highest BCUT2D eigenvalue weighted by Crippen LogP contribution is 2.33. The molecule has 9 heteroatoms. The SMILES string of the molecule is COCCCNC(=O)c1ccc(Oc2nc(Cc3ccc(F)cc3)ns2)c(OC)c1. The minimum absolute atomic E-state index is 0.201. The molecule has 0 atom stereocenters. The summed E-state index contributed by atoms with van der Waals surface area (Å²) < 4.78 is 33.4. The third-order valence-corrected chi connectivity index (χ3v) is 4.79. The molecule has 0 saturated carbocycles. The monoisotopic (exact) mass is 431 g/mol. The molecule has 0 bridgehead atoms. The van der Waals surface area contributed by atoms with Crippen molar-refractivity contribution in [1.29, 1.82) is 0 Å². The van der Waals surface area contributed by atoms with Crippen LogP contribution in [0.3, 0.4) is 0 Å². The van der Waals surface area contributed by atoms with Gasteiger partial charge < -0.3 is 19.5 Å². The van der Waals surface area contributed by atoms with Crippen molar-refractivity contribution in [2.45, 2.75) is 12.8 Å². The highest BCUT2D eigenvalue weighted by atomic mass is 32.1. The van der Waals surface area contributed by atoms with Crippen molar-refractivity contribution in [1.82, 2.24) is 14.7 Å². The first-order valence-electron chi connectivity index (χ1n) is 9.29. The summed E-state index contributed by atoms with van der Waals surface area (Å²) >= 11 is 1.11. The minimum Gasteiger partial charge on any atom is -0.493 e. The molecule has 158 valence electrons. The average Bonchev–Trinajstić information content (AvgIpc) is 3.19. The molecule has 1 amide bonds. The Labute approximate surface area is 178 Å². The van der Waals surface area contributed by atoms with E-state index in [2.05, 4.69) is 14.7 Å². The van der Waals surface area contributed by atoms with Gasteiger partial charge in [0.15, 0.2) is 17.3 Å². The van der Waals surface area contributed by atoms with E-state index in [1.165, 1.54) is 19.2 Å². The minimum atomic E-state index is -0.284. The topological polar surface area (TPSA) is 82.6 Å². The van der Waals surface area contributed by atoms with Gasteiger partial charge in [-0.05, 0) is 42.3 Å². The average molecular weight is 431 g/mol. The van der Waals surface area contributed by atoms with Crippen molar-refractivity contribution in [2.24, 2.45) is 0 Å². The number of hydrogen-bond acceptors (Lipinski definition) is 7. The van der Waals surface area contributed by atoms with Gasteiger partial charge in [-0.1, -0.05) is 12.1 Å². The molecule has 0 saturated heterocycles. The number of amides is 1. The molecule has 0 aliphatic carbocycles. The molecule has 1 N–H and O–H groups in total. The molecule has 0 fully saturated rings. The molecule has 0 aliphatic rings. The smallest absolute Gasteiger partial charge is 0.298 e. The van der Waals surface area contributed by atoms with E-state index in [0.717, 1.165) is 23.5 Å². The first-order valence-corrected chi connectivity index (χ1v) is 10.1. The van der Waals surface area contributed by atoms with E-state index in [4.69, 9.17) is 14.2 Å². The van der Waals surface area contributed by atoms with Crippen LogP contribution in [0, 0.1) is 5.82 Å². The fraction of sp³-hybridized carbons (Fsp3) is 0.286. The molecule has 1 heterocycles. The van der Waals surface area contributed by atoms with Crippen LogP contribution < -0.4 is 14.8 Å². The van der Waals surface area contributed by atoms with Gasteiger partial charge in [0.2, 0.25) is 0 Å². The van der Waals surface area contributed by atoms with Crippen molar-refractivity contribution >= 4 is 17.4 Å². The molecule has 7 nitrogen and oxygen atoms in total. The maximum atomic E-state index is 13.0. The lowest BCUT2D eigenvalue weighted by molar-refractivity contribution is 0.0948. The maximum Gasteiger partial charge on any atom is 0.298 e. The van der Waals surface area contributed by atoms with Crippen LogP contribution in [0.2, 0.25) is 0 Å². The van der Waals surface area contributed by atoms with Gasteiger partial charge in [0.05, 0.1) is 7.11 Å². The summed E-state index contributed by atoms with van der Waals surface area (Å²) in [7, 11) is 3.12. The lowest BCUT2D eigenvalue weighted by atomic mass is 10.1. The Hall–Kier alpha value is -3.04. The molecular formula is C21H22FN3O4S. The van der Waals surface area contributed by atoms with Gasteiger partial charge in [0.1, 0.15) is 5.82 Å². The van der Waals surface area contributed by atoms with Crippen LogP contribution in [0.25, 0.3) is 0 Å². The van der Waals surface area contributed by atoms with Crippen molar-refractivity contribution in [3.05, 3.63) is 65.2 Å². The Bertz CT molecular complexity index is 979. The summed E-state index contributed by atoms with van der Waals surface area (Å²) in [4.78, 5) is 16.6. The van der Waals surface area contributed by atoms with Crippen LogP contribution in [-0.2, 0) is 11.2 Å². The third-order valence-electron chi connectivity index (χ3n) is 4.16. The number of benzene rings is 2. The summed E-state index contributed by atoms with van der Waals surface area (Å²) in [5, 5.41) is 3.17. The quantitative estimate of drug-likeness (QED) is 0.491. The standard InChI is InChI=1S/C21H22FN3O4S/c1-27-11-3-10-23-20(26)15-6-9-17(18(13-15)28-2)29-21-24-19(25-30-21)12-14-4-7-16(22)8-5-14/h4-9,13H,3,10-12H2,1-2H3,(H,23,26). The molecule has 30 heavy (non-hydrogen) atoms. The van der Waals surface area contributed by atoms with Crippen LogP contribution in [0.1, 0.15) is 28.2 Å². The van der Waals surface area contributed by atoms with Crippen LogP contribution in [0.15, 0.2) is 42.5 Å². The van der Waals surface area contributed by atoms with Crippen molar-refractivity contribution < 1.29 is 23.4 Å². The summed E-state index contributed by atoms with van der Waals surface area (Å²) in [6.45, 7) is 1.11. The number of methoxy groups -OCH3 is 2. The van der Waals surface area contributed by atoms with Gasteiger partial charge in [0.25, 0.3) is 11.1 Å². The summed E-state index contributed by atoms with van der Waals surface area (Å²) in [5.74, 6) is 0.932. The van der Waals surface area contributed by atoms with Crippen LogP contribution in [-0.4, -0.2) is 42.6 Å². The summed E-state index contributed by atoms with van der Waals surface area (Å²) in [6, 6.07) is 11.1. The van der Waals surface area contributed by atoms with E-state index in [0.29, 0.717) is 47.7 Å². The summed E-state index contributed by atoms with van der Waals surface area (Å²) in [5.41, 5.74) is 1.37. The Morgan fingerprint density at radius 3 is 2.67 bits per heavy atom. The predicted molar refractivity (Wildman–Crippen MR) is 111 cm³/mol. The second kappa shape index (κ2) is 10.7. The Morgan fingerprint density at radius 1 is 1.13 bits per heavy atom. The van der Waals surface area contributed by atoms with Gasteiger partial charge in [-0.25, -0.2) is 4.39 Å². The zero-order valence-corrected chi connectivity index (χ0v) is 17.5. The highest BCUT2D eigenvalue weighted by Gasteiger charge is 2.14. The highest BCUT2D eigenvalue weighted by molar-refractivity contribution is 7.07. The molecule has 2 aromatic carbocycles. The molecular weight excluding hydrogens is 409 g/mol. The molecule has 0 unspecified atom stereocenters. The molecule has 1 aromatic heterocycles. The number of carbonyl (C=O) groups is 1. The second-order valence-corrected chi connectivity index (χ2v) is 7.06. The van der Waals surface area contributed by atoms with Gasteiger partial charge in [0, 0.05) is 43.8 Å².